The van der Waals surface area contributed by atoms with Gasteiger partial charge in [-0.3, -0.25) is 0 Å². The molecule has 0 saturated heterocycles. The van der Waals surface area contributed by atoms with Gasteiger partial charge in [0.1, 0.15) is 17.2 Å². The fraction of sp³-hybridized carbons (Fsp3) is 0.692. The van der Waals surface area contributed by atoms with E-state index in [2.05, 4.69) is 27.6 Å². The minimum absolute atomic E-state index is 0.0169. The third kappa shape index (κ3) is 3.46. The molecule has 0 aromatic carbocycles. The number of aryl methyl sites for hydroxylation is 1. The van der Waals surface area contributed by atoms with Crippen LogP contribution in [0, 0.1) is 9.81 Å². The molecule has 1 aromatic heterocycles. The molecule has 19 heavy (non-hydrogen) atoms. The topological polar surface area (TPSA) is 48.4 Å². The number of thiazole rings is 1. The fourth-order valence-corrected chi connectivity index (χ4v) is 4.08. The molecule has 106 valence electrons. The second-order valence-electron chi connectivity index (χ2n) is 4.67. The molecule has 1 fully saturated rings. The van der Waals surface area contributed by atoms with Crippen LogP contribution < -0.4 is 0 Å². The van der Waals surface area contributed by atoms with Gasteiger partial charge in [-0.2, -0.15) is 0 Å². The monoisotopic (exact) mass is 395 g/mol. The predicted molar refractivity (Wildman–Crippen MR) is 82.3 cm³/mol. The van der Waals surface area contributed by atoms with Crippen LogP contribution in [-0.4, -0.2) is 24.2 Å². The Morgan fingerprint density at radius 2 is 2.16 bits per heavy atom. The lowest BCUT2D eigenvalue weighted by Crippen LogP contribution is -2.29. The molecule has 1 aliphatic rings. The van der Waals surface area contributed by atoms with Crippen molar-refractivity contribution in [2.75, 3.05) is 13.2 Å². The van der Waals surface area contributed by atoms with E-state index in [1.165, 1.54) is 2.88 Å². The summed E-state index contributed by atoms with van der Waals surface area (Å²) in [5, 5.41) is 1.01. The van der Waals surface area contributed by atoms with Crippen LogP contribution in [0.15, 0.2) is 0 Å². The first-order valence-corrected chi connectivity index (χ1v) is 8.40. The van der Waals surface area contributed by atoms with Crippen LogP contribution in [0.4, 0.5) is 0 Å². The average Bonchev–Trinajstić information content (AvgIpc) is 2.97. The zero-order valence-electron chi connectivity index (χ0n) is 11.2. The third-order valence-corrected chi connectivity index (χ3v) is 5.89. The van der Waals surface area contributed by atoms with Crippen molar-refractivity contribution in [3.8, 4) is 0 Å². The Labute approximate surface area is 131 Å². The summed E-state index contributed by atoms with van der Waals surface area (Å²) in [6.07, 6.45) is 4.13. The molecule has 2 rings (SSSR count). The lowest BCUT2D eigenvalue weighted by molar-refractivity contribution is -0.156. The van der Waals surface area contributed by atoms with Gasteiger partial charge in [-0.15, -0.1) is 11.3 Å². The Morgan fingerprint density at radius 1 is 1.47 bits per heavy atom. The number of nitrogens with zero attached hydrogens (tertiary/aromatic N) is 1. The molecular formula is C13H18INO3S. The molecule has 0 aliphatic heterocycles. The van der Waals surface area contributed by atoms with Crippen molar-refractivity contribution >= 4 is 39.9 Å². The SMILES string of the molecule is CCOC(=O)COC1(c2nc(C)c(I)s2)CCCC1. The standard InChI is InChI=1S/C13H18INO3S/c1-3-17-10(16)8-18-13(6-4-5-7-13)12-15-9(2)11(14)19-12/h3-8H2,1-2H3. The summed E-state index contributed by atoms with van der Waals surface area (Å²) < 4.78 is 12.1. The highest BCUT2D eigenvalue weighted by atomic mass is 127. The molecule has 1 aliphatic carbocycles. The van der Waals surface area contributed by atoms with E-state index in [9.17, 15) is 4.79 Å². The maximum Gasteiger partial charge on any atom is 0.332 e. The summed E-state index contributed by atoms with van der Waals surface area (Å²) in [6, 6.07) is 0. The van der Waals surface area contributed by atoms with Gasteiger partial charge < -0.3 is 9.47 Å². The highest BCUT2D eigenvalue weighted by Gasteiger charge is 2.40. The predicted octanol–water partition coefficient (Wildman–Crippen LogP) is 3.41. The summed E-state index contributed by atoms with van der Waals surface area (Å²) in [5.41, 5.74) is 0.678. The van der Waals surface area contributed by atoms with E-state index in [0.29, 0.717) is 6.61 Å². The second kappa shape index (κ2) is 6.49. The van der Waals surface area contributed by atoms with Crippen LogP contribution in [0.5, 0.6) is 0 Å². The van der Waals surface area contributed by atoms with Crippen LogP contribution >= 0.6 is 33.9 Å². The molecule has 0 amide bonds. The Hall–Kier alpha value is -0.210. The van der Waals surface area contributed by atoms with Gasteiger partial charge in [0, 0.05) is 0 Å². The number of ether oxygens (including phenoxy) is 2. The minimum Gasteiger partial charge on any atom is -0.464 e. The minimum atomic E-state index is -0.369. The fourth-order valence-electron chi connectivity index (χ4n) is 2.34. The molecule has 0 spiro atoms. The van der Waals surface area contributed by atoms with E-state index >= 15 is 0 Å². The van der Waals surface area contributed by atoms with E-state index in [1.807, 2.05) is 6.92 Å². The number of aromatic nitrogens is 1. The van der Waals surface area contributed by atoms with Crippen molar-refractivity contribution in [1.29, 1.82) is 0 Å². The molecule has 0 N–H and O–H groups in total. The van der Waals surface area contributed by atoms with Gasteiger partial charge >= 0.3 is 5.97 Å². The number of rotatable bonds is 5. The van der Waals surface area contributed by atoms with Gasteiger partial charge in [0.2, 0.25) is 0 Å². The lowest BCUT2D eigenvalue weighted by Gasteiger charge is -2.26. The number of hydrogen-bond acceptors (Lipinski definition) is 5. The summed E-state index contributed by atoms with van der Waals surface area (Å²) in [5.74, 6) is -0.295. The van der Waals surface area contributed by atoms with Gasteiger partial charge in [-0.05, 0) is 49.3 Å². The molecule has 1 aromatic rings. The molecular weight excluding hydrogens is 377 g/mol. The Balaban J connectivity index is 2.12. The maximum atomic E-state index is 11.5. The van der Waals surface area contributed by atoms with E-state index in [4.69, 9.17) is 9.47 Å². The maximum absolute atomic E-state index is 11.5. The van der Waals surface area contributed by atoms with Crippen molar-refractivity contribution in [1.82, 2.24) is 4.98 Å². The van der Waals surface area contributed by atoms with Gasteiger partial charge in [-0.1, -0.05) is 12.8 Å². The summed E-state index contributed by atoms with van der Waals surface area (Å²) >= 11 is 3.98. The highest BCUT2D eigenvalue weighted by Crippen LogP contribution is 2.44. The molecule has 1 heterocycles. The van der Waals surface area contributed by atoms with Crippen molar-refractivity contribution in [2.45, 2.75) is 45.1 Å². The quantitative estimate of drug-likeness (QED) is 0.567. The number of carbonyl (C=O) groups excluding carboxylic acids is 1. The molecule has 6 heteroatoms. The van der Waals surface area contributed by atoms with Crippen LogP contribution in [0.3, 0.4) is 0 Å². The largest absolute Gasteiger partial charge is 0.464 e. The zero-order valence-corrected chi connectivity index (χ0v) is 14.2. The van der Waals surface area contributed by atoms with Crippen LogP contribution in [-0.2, 0) is 19.9 Å². The normalized spacial score (nSPS) is 17.6. The molecule has 4 nitrogen and oxygen atoms in total. The first-order valence-electron chi connectivity index (χ1n) is 6.50. The Bertz CT molecular complexity index is 435. The van der Waals surface area contributed by atoms with Crippen molar-refractivity contribution in [3.05, 3.63) is 13.6 Å². The first-order chi connectivity index (χ1) is 9.07. The molecule has 0 atom stereocenters. The van der Waals surface area contributed by atoms with E-state index < -0.39 is 0 Å². The average molecular weight is 395 g/mol. The van der Waals surface area contributed by atoms with E-state index in [-0.39, 0.29) is 18.2 Å². The number of hydrogen-bond donors (Lipinski definition) is 0. The summed E-state index contributed by atoms with van der Waals surface area (Å²) in [4.78, 5) is 16.1. The number of halogens is 1. The molecule has 0 unspecified atom stereocenters. The lowest BCUT2D eigenvalue weighted by atomic mass is 10.0. The van der Waals surface area contributed by atoms with Gasteiger partial charge in [0.15, 0.2) is 0 Å². The van der Waals surface area contributed by atoms with Crippen molar-refractivity contribution in [3.63, 3.8) is 0 Å². The van der Waals surface area contributed by atoms with Crippen LogP contribution in [0.25, 0.3) is 0 Å². The Morgan fingerprint density at radius 3 is 2.68 bits per heavy atom. The Kier molecular flexibility index (Phi) is 5.19. The summed E-state index contributed by atoms with van der Waals surface area (Å²) in [7, 11) is 0. The van der Waals surface area contributed by atoms with Crippen LogP contribution in [0.1, 0.15) is 43.3 Å². The van der Waals surface area contributed by atoms with Crippen molar-refractivity contribution < 1.29 is 14.3 Å². The van der Waals surface area contributed by atoms with E-state index in [0.717, 1.165) is 36.4 Å². The second-order valence-corrected chi connectivity index (χ2v) is 7.48. The smallest absolute Gasteiger partial charge is 0.332 e. The van der Waals surface area contributed by atoms with Crippen LogP contribution in [0.2, 0.25) is 0 Å². The first kappa shape index (κ1) is 15.2. The van der Waals surface area contributed by atoms with Gasteiger partial charge in [0.25, 0.3) is 0 Å². The third-order valence-electron chi connectivity index (χ3n) is 3.31. The number of esters is 1. The van der Waals surface area contributed by atoms with Gasteiger partial charge in [0.05, 0.1) is 15.2 Å². The zero-order chi connectivity index (χ0) is 13.9. The molecule has 0 bridgehead atoms. The molecule has 0 radical (unpaired) electrons. The highest BCUT2D eigenvalue weighted by molar-refractivity contribution is 14.1. The molecule has 1 saturated carbocycles. The number of carbonyl (C=O) groups is 1. The van der Waals surface area contributed by atoms with Crippen molar-refractivity contribution in [2.24, 2.45) is 0 Å². The van der Waals surface area contributed by atoms with E-state index in [1.54, 1.807) is 18.3 Å². The van der Waals surface area contributed by atoms with Gasteiger partial charge in [-0.25, -0.2) is 9.78 Å². The summed E-state index contributed by atoms with van der Waals surface area (Å²) in [6.45, 7) is 4.22.